The van der Waals surface area contributed by atoms with Gasteiger partial charge in [-0.15, -0.1) is 0 Å². The minimum Gasteiger partial charge on any atom is -0.362 e. The Kier molecular flexibility index (Phi) is 5.13. The average molecular weight is 419 g/mol. The SMILES string of the molecule is O=C(c1ccc2c(c1)CCC2)N1CCN(c2ccc(C(F)(F)F)cc2[N+](=O)[O-])CC1. The highest BCUT2D eigenvalue weighted by Crippen LogP contribution is 2.36. The summed E-state index contributed by atoms with van der Waals surface area (Å²) in [5, 5.41) is 11.3. The van der Waals surface area contributed by atoms with E-state index >= 15 is 0 Å². The number of anilines is 1. The van der Waals surface area contributed by atoms with Crippen LogP contribution in [-0.4, -0.2) is 41.9 Å². The number of hydrogen-bond donors (Lipinski definition) is 0. The summed E-state index contributed by atoms with van der Waals surface area (Å²) in [6, 6.07) is 8.33. The van der Waals surface area contributed by atoms with Crippen LogP contribution in [0.15, 0.2) is 36.4 Å². The topological polar surface area (TPSA) is 66.7 Å². The Bertz CT molecular complexity index is 999. The van der Waals surface area contributed by atoms with E-state index in [-0.39, 0.29) is 11.6 Å². The number of piperazine rings is 1. The molecule has 0 N–H and O–H groups in total. The fourth-order valence-electron chi connectivity index (χ4n) is 4.15. The molecule has 1 aliphatic carbocycles. The number of rotatable bonds is 3. The Morgan fingerprint density at radius 2 is 1.67 bits per heavy atom. The second-order valence-corrected chi connectivity index (χ2v) is 7.57. The molecule has 0 aromatic heterocycles. The molecule has 1 heterocycles. The molecule has 1 amide bonds. The van der Waals surface area contributed by atoms with Crippen molar-refractivity contribution in [2.75, 3.05) is 31.1 Å². The van der Waals surface area contributed by atoms with Gasteiger partial charge in [-0.25, -0.2) is 0 Å². The molecule has 6 nitrogen and oxygen atoms in total. The predicted octanol–water partition coefficient (Wildman–Crippen LogP) is 4.06. The number of benzene rings is 2. The van der Waals surface area contributed by atoms with E-state index in [2.05, 4.69) is 0 Å². The van der Waals surface area contributed by atoms with Crippen LogP contribution in [0.1, 0.15) is 33.5 Å². The smallest absolute Gasteiger partial charge is 0.362 e. The molecule has 2 aromatic rings. The number of aryl methyl sites for hydroxylation is 2. The molecule has 0 radical (unpaired) electrons. The van der Waals surface area contributed by atoms with E-state index in [1.165, 1.54) is 11.1 Å². The molecule has 4 rings (SSSR count). The zero-order valence-corrected chi connectivity index (χ0v) is 16.1. The van der Waals surface area contributed by atoms with Gasteiger partial charge >= 0.3 is 6.18 Å². The Labute approximate surface area is 171 Å². The Morgan fingerprint density at radius 1 is 0.967 bits per heavy atom. The predicted molar refractivity (Wildman–Crippen MR) is 105 cm³/mol. The third-order valence-corrected chi connectivity index (χ3v) is 5.75. The molecule has 0 unspecified atom stereocenters. The number of halogens is 3. The normalized spacial score (nSPS) is 16.5. The molecular formula is C21H20F3N3O3. The summed E-state index contributed by atoms with van der Waals surface area (Å²) in [5.41, 5.74) is 1.62. The molecule has 1 aliphatic heterocycles. The highest BCUT2D eigenvalue weighted by molar-refractivity contribution is 5.94. The summed E-state index contributed by atoms with van der Waals surface area (Å²) in [6.45, 7) is 1.30. The summed E-state index contributed by atoms with van der Waals surface area (Å²) in [4.78, 5) is 26.7. The molecular weight excluding hydrogens is 399 g/mol. The number of amides is 1. The molecule has 0 atom stereocenters. The largest absolute Gasteiger partial charge is 0.416 e. The minimum atomic E-state index is -4.65. The van der Waals surface area contributed by atoms with Gasteiger partial charge in [-0.1, -0.05) is 6.07 Å². The van der Waals surface area contributed by atoms with E-state index in [0.717, 1.165) is 31.4 Å². The maximum Gasteiger partial charge on any atom is 0.416 e. The van der Waals surface area contributed by atoms with Gasteiger partial charge in [0.05, 0.1) is 10.5 Å². The summed E-state index contributed by atoms with van der Waals surface area (Å²) in [7, 11) is 0. The van der Waals surface area contributed by atoms with Gasteiger partial charge in [0, 0.05) is 37.8 Å². The quantitative estimate of drug-likeness (QED) is 0.556. The maximum atomic E-state index is 12.9. The molecule has 9 heteroatoms. The number of nitro groups is 1. The van der Waals surface area contributed by atoms with E-state index < -0.39 is 22.4 Å². The number of hydrogen-bond acceptors (Lipinski definition) is 4. The molecule has 1 saturated heterocycles. The van der Waals surface area contributed by atoms with E-state index in [1.807, 2.05) is 18.2 Å². The van der Waals surface area contributed by atoms with E-state index in [0.29, 0.717) is 37.8 Å². The lowest BCUT2D eigenvalue weighted by Crippen LogP contribution is -2.49. The second-order valence-electron chi connectivity index (χ2n) is 7.57. The molecule has 1 fully saturated rings. The van der Waals surface area contributed by atoms with Crippen molar-refractivity contribution in [3.63, 3.8) is 0 Å². The summed E-state index contributed by atoms with van der Waals surface area (Å²) < 4.78 is 38.7. The zero-order valence-electron chi connectivity index (χ0n) is 16.1. The third-order valence-electron chi connectivity index (χ3n) is 5.75. The van der Waals surface area contributed by atoms with Gasteiger partial charge in [-0.3, -0.25) is 14.9 Å². The summed E-state index contributed by atoms with van der Waals surface area (Å²) in [5.74, 6) is -0.0914. The highest BCUT2D eigenvalue weighted by Gasteiger charge is 2.34. The molecule has 0 saturated carbocycles. The van der Waals surface area contributed by atoms with E-state index in [9.17, 15) is 28.1 Å². The molecule has 0 bridgehead atoms. The summed E-state index contributed by atoms with van der Waals surface area (Å²) >= 11 is 0. The lowest BCUT2D eigenvalue weighted by atomic mass is 10.1. The fourth-order valence-corrected chi connectivity index (χ4v) is 4.15. The van der Waals surface area contributed by atoms with Crippen molar-refractivity contribution in [2.45, 2.75) is 25.4 Å². The van der Waals surface area contributed by atoms with Crippen LogP contribution < -0.4 is 4.90 Å². The summed E-state index contributed by atoms with van der Waals surface area (Å²) in [6.07, 6.45) is -1.54. The number of alkyl halides is 3. The number of carbonyl (C=O) groups excluding carboxylic acids is 1. The van der Waals surface area contributed by atoms with E-state index in [1.54, 1.807) is 9.80 Å². The van der Waals surface area contributed by atoms with Crippen molar-refractivity contribution < 1.29 is 22.9 Å². The van der Waals surface area contributed by atoms with Gasteiger partial charge in [0.25, 0.3) is 11.6 Å². The zero-order chi connectivity index (χ0) is 21.5. The van der Waals surface area contributed by atoms with Crippen molar-refractivity contribution in [1.29, 1.82) is 0 Å². The van der Waals surface area contributed by atoms with Gasteiger partial charge in [0.15, 0.2) is 0 Å². The van der Waals surface area contributed by atoms with Crippen molar-refractivity contribution in [1.82, 2.24) is 4.90 Å². The van der Waals surface area contributed by atoms with Crippen LogP contribution in [0.2, 0.25) is 0 Å². The Hall–Kier alpha value is -3.10. The van der Waals surface area contributed by atoms with Crippen molar-refractivity contribution >= 4 is 17.3 Å². The first kappa shape index (κ1) is 20.2. The first-order valence-electron chi connectivity index (χ1n) is 9.76. The number of fused-ring (bicyclic) bond motifs is 1. The van der Waals surface area contributed by atoms with Crippen LogP contribution in [0.25, 0.3) is 0 Å². The third kappa shape index (κ3) is 3.83. The van der Waals surface area contributed by atoms with Gasteiger partial charge in [-0.2, -0.15) is 13.2 Å². The van der Waals surface area contributed by atoms with Gasteiger partial charge < -0.3 is 9.80 Å². The number of nitro benzene ring substituents is 1. The first-order chi connectivity index (χ1) is 14.2. The molecule has 2 aliphatic rings. The van der Waals surface area contributed by atoms with Gasteiger partial charge in [0.1, 0.15) is 5.69 Å². The fraction of sp³-hybridized carbons (Fsp3) is 0.381. The highest BCUT2D eigenvalue weighted by atomic mass is 19.4. The lowest BCUT2D eigenvalue weighted by molar-refractivity contribution is -0.384. The molecule has 30 heavy (non-hydrogen) atoms. The minimum absolute atomic E-state index is 0.0914. The van der Waals surface area contributed by atoms with Crippen LogP contribution in [0, 0.1) is 10.1 Å². The van der Waals surface area contributed by atoms with Crippen LogP contribution in [0.5, 0.6) is 0 Å². The first-order valence-corrected chi connectivity index (χ1v) is 9.76. The standard InChI is InChI=1S/C21H20F3N3O3/c22-21(23,24)17-6-7-18(19(13-17)27(29)30)25-8-10-26(11-9-25)20(28)16-5-4-14-2-1-3-15(14)12-16/h4-7,12-13H,1-3,8-11H2. The monoisotopic (exact) mass is 419 g/mol. The van der Waals surface area contributed by atoms with Crippen molar-refractivity contribution in [3.05, 3.63) is 68.8 Å². The maximum absolute atomic E-state index is 12.9. The van der Waals surface area contributed by atoms with Gasteiger partial charge in [0.2, 0.25) is 0 Å². The van der Waals surface area contributed by atoms with Crippen molar-refractivity contribution in [2.24, 2.45) is 0 Å². The molecule has 2 aromatic carbocycles. The average Bonchev–Trinajstić information content (AvgIpc) is 3.20. The van der Waals surface area contributed by atoms with Crippen LogP contribution >= 0.6 is 0 Å². The Morgan fingerprint density at radius 3 is 2.33 bits per heavy atom. The van der Waals surface area contributed by atoms with Crippen LogP contribution in [0.4, 0.5) is 24.5 Å². The number of nitrogens with zero attached hydrogens (tertiary/aromatic N) is 3. The van der Waals surface area contributed by atoms with Crippen LogP contribution in [-0.2, 0) is 19.0 Å². The van der Waals surface area contributed by atoms with Crippen LogP contribution in [0.3, 0.4) is 0 Å². The number of carbonyl (C=O) groups is 1. The van der Waals surface area contributed by atoms with Crippen molar-refractivity contribution in [3.8, 4) is 0 Å². The second kappa shape index (κ2) is 7.62. The van der Waals surface area contributed by atoms with E-state index in [4.69, 9.17) is 0 Å². The Balaban J connectivity index is 1.48. The lowest BCUT2D eigenvalue weighted by Gasteiger charge is -2.36. The van der Waals surface area contributed by atoms with Gasteiger partial charge in [-0.05, 0) is 54.7 Å². The molecule has 158 valence electrons. The molecule has 0 spiro atoms.